The van der Waals surface area contributed by atoms with E-state index in [-0.39, 0.29) is 28.3 Å². The largest absolute Gasteiger partial charge is 0.494 e. The van der Waals surface area contributed by atoms with E-state index < -0.39 is 17.6 Å². The molecule has 1 aliphatic rings. The van der Waals surface area contributed by atoms with E-state index in [0.29, 0.717) is 16.8 Å². The van der Waals surface area contributed by atoms with Crippen LogP contribution in [-0.4, -0.2) is 21.7 Å². The zero-order chi connectivity index (χ0) is 20.1. The van der Waals surface area contributed by atoms with Crippen LogP contribution in [0.25, 0.3) is 11.3 Å². The number of hydrogen-bond donors (Lipinski definition) is 2. The van der Waals surface area contributed by atoms with Gasteiger partial charge in [0.15, 0.2) is 5.88 Å². The molecule has 1 aliphatic heterocycles. The van der Waals surface area contributed by atoms with Crippen LogP contribution in [0.3, 0.4) is 0 Å². The Hall–Kier alpha value is -3.86. The van der Waals surface area contributed by atoms with E-state index in [0.717, 1.165) is 12.1 Å². The number of hydrogen-bond acceptors (Lipinski definition) is 3. The lowest BCUT2D eigenvalue weighted by Crippen LogP contribution is -2.06. The number of benzene rings is 2. The average Bonchev–Trinajstić information content (AvgIpc) is 3.20. The van der Waals surface area contributed by atoms with Gasteiger partial charge < -0.3 is 10.1 Å². The van der Waals surface area contributed by atoms with E-state index in [1.165, 1.54) is 12.1 Å². The molecule has 138 valence electrons. The molecule has 8 heteroatoms. The van der Waals surface area contributed by atoms with Gasteiger partial charge in [-0.15, -0.1) is 0 Å². The van der Waals surface area contributed by atoms with Gasteiger partial charge in [0.05, 0.1) is 39.7 Å². The number of aromatic hydroxyl groups is 1. The second-order valence-corrected chi connectivity index (χ2v) is 6.13. The van der Waals surface area contributed by atoms with Crippen molar-refractivity contribution in [3.63, 3.8) is 0 Å². The second-order valence-electron chi connectivity index (χ2n) is 6.13. The van der Waals surface area contributed by atoms with Crippen LogP contribution in [0.15, 0.2) is 53.5 Å². The van der Waals surface area contributed by atoms with Crippen LogP contribution in [0.2, 0.25) is 0 Å². The van der Waals surface area contributed by atoms with Gasteiger partial charge in [-0.1, -0.05) is 24.3 Å². The Bertz CT molecular complexity index is 1180. The van der Waals surface area contributed by atoms with Crippen LogP contribution in [0.1, 0.15) is 32.6 Å². The molecule has 0 aliphatic carbocycles. The number of aromatic nitrogens is 1. The fourth-order valence-electron chi connectivity index (χ4n) is 3.13. The van der Waals surface area contributed by atoms with Gasteiger partial charge >= 0.3 is 6.18 Å². The maximum absolute atomic E-state index is 12.8. The summed E-state index contributed by atoms with van der Waals surface area (Å²) in [4.78, 5) is 19.1. The number of amides is 1. The summed E-state index contributed by atoms with van der Waals surface area (Å²) in [6.07, 6.45) is -4.48. The summed E-state index contributed by atoms with van der Waals surface area (Å²) in [5, 5.41) is 19.4. The summed E-state index contributed by atoms with van der Waals surface area (Å²) in [6, 6.07) is 12.6. The number of alkyl halides is 3. The van der Waals surface area contributed by atoms with Crippen molar-refractivity contribution >= 4 is 11.6 Å². The Morgan fingerprint density at radius 2 is 1.75 bits per heavy atom. The lowest BCUT2D eigenvalue weighted by molar-refractivity contribution is -0.137. The summed E-state index contributed by atoms with van der Waals surface area (Å²) in [7, 11) is 0. The van der Waals surface area contributed by atoms with Crippen molar-refractivity contribution < 1.29 is 23.1 Å². The molecule has 28 heavy (non-hydrogen) atoms. The zero-order valence-corrected chi connectivity index (χ0v) is 14.0. The highest BCUT2D eigenvalue weighted by Crippen LogP contribution is 2.38. The van der Waals surface area contributed by atoms with E-state index >= 15 is 0 Å². The van der Waals surface area contributed by atoms with E-state index in [2.05, 4.69) is 9.98 Å². The first kappa shape index (κ1) is 17.5. The minimum atomic E-state index is -4.48. The molecule has 1 aromatic heterocycles. The predicted octanol–water partition coefficient (Wildman–Crippen LogP) is 4.27. The summed E-state index contributed by atoms with van der Waals surface area (Å²) in [5.74, 6) is -0.948. The molecule has 0 radical (unpaired) electrons. The lowest BCUT2D eigenvalue weighted by atomic mass is 9.99. The van der Waals surface area contributed by atoms with E-state index in [1.54, 1.807) is 24.3 Å². The van der Waals surface area contributed by atoms with Gasteiger partial charge in [0.25, 0.3) is 5.91 Å². The van der Waals surface area contributed by atoms with Crippen molar-refractivity contribution in [2.75, 3.05) is 0 Å². The number of nitrogens with one attached hydrogen (secondary N) is 1. The van der Waals surface area contributed by atoms with Crippen LogP contribution in [0, 0.1) is 11.3 Å². The molecule has 4 rings (SSSR count). The summed E-state index contributed by atoms with van der Waals surface area (Å²) < 4.78 is 38.3. The van der Waals surface area contributed by atoms with Crippen LogP contribution in [-0.2, 0) is 6.18 Å². The number of aliphatic imine (C=N–C) groups is 1. The van der Waals surface area contributed by atoms with Gasteiger partial charge in [-0.05, 0) is 24.3 Å². The van der Waals surface area contributed by atoms with Gasteiger partial charge in [-0.2, -0.15) is 18.4 Å². The van der Waals surface area contributed by atoms with E-state index in [4.69, 9.17) is 5.26 Å². The highest BCUT2D eigenvalue weighted by molar-refractivity contribution is 6.30. The fourth-order valence-corrected chi connectivity index (χ4v) is 3.13. The first-order chi connectivity index (χ1) is 13.3. The monoisotopic (exact) mass is 381 g/mol. The molecular formula is C20H10F3N3O2. The van der Waals surface area contributed by atoms with Crippen molar-refractivity contribution in [2.45, 2.75) is 6.18 Å². The molecule has 2 N–H and O–H groups in total. The standard InChI is InChI=1S/C20H10F3N3O2/c21-20(22,23)13-6-4-11(5-7-13)16-14-15(19(28)25-16)17(26-18(14)27)12-3-1-2-10(8-12)9-24/h1-8,26-27H. The van der Waals surface area contributed by atoms with Gasteiger partial charge in [0.2, 0.25) is 0 Å². The number of nitriles is 1. The number of nitrogens with zero attached hydrogens (tertiary/aromatic N) is 2. The molecule has 0 bridgehead atoms. The average molecular weight is 381 g/mol. The van der Waals surface area contributed by atoms with Crippen molar-refractivity contribution in [2.24, 2.45) is 4.99 Å². The molecule has 0 atom stereocenters. The SMILES string of the molecule is N#Cc1cccc(-c2[nH]c(O)c3c2C(=O)N=C3c2ccc(C(F)(F)F)cc2)c1. The maximum Gasteiger partial charge on any atom is 0.416 e. The third-order valence-electron chi connectivity index (χ3n) is 4.41. The Morgan fingerprint density at radius 1 is 1.04 bits per heavy atom. The third kappa shape index (κ3) is 2.74. The van der Waals surface area contributed by atoms with Gasteiger partial charge in [-0.25, -0.2) is 4.99 Å². The van der Waals surface area contributed by atoms with Crippen molar-refractivity contribution in [3.05, 3.63) is 76.3 Å². The van der Waals surface area contributed by atoms with E-state index in [1.807, 2.05) is 6.07 Å². The molecule has 0 saturated heterocycles. The smallest absolute Gasteiger partial charge is 0.416 e. The molecule has 3 aromatic rings. The molecule has 2 heterocycles. The Labute approximate surface area is 156 Å². The van der Waals surface area contributed by atoms with Gasteiger partial charge in [0, 0.05) is 11.1 Å². The molecule has 0 saturated carbocycles. The van der Waals surface area contributed by atoms with Crippen molar-refractivity contribution in [1.29, 1.82) is 5.26 Å². The normalized spacial score (nSPS) is 13.2. The van der Waals surface area contributed by atoms with Crippen LogP contribution >= 0.6 is 0 Å². The van der Waals surface area contributed by atoms with Crippen LogP contribution in [0.4, 0.5) is 13.2 Å². The number of H-pyrrole nitrogens is 1. The molecule has 0 unspecified atom stereocenters. The van der Waals surface area contributed by atoms with E-state index in [9.17, 15) is 23.1 Å². The zero-order valence-electron chi connectivity index (χ0n) is 14.0. The molecular weight excluding hydrogens is 371 g/mol. The molecule has 5 nitrogen and oxygen atoms in total. The molecule has 0 spiro atoms. The Kier molecular flexibility index (Phi) is 3.82. The summed E-state index contributed by atoms with van der Waals surface area (Å²) in [6.45, 7) is 0. The van der Waals surface area contributed by atoms with Crippen LogP contribution in [0.5, 0.6) is 5.88 Å². The minimum Gasteiger partial charge on any atom is -0.494 e. The number of aromatic amines is 1. The summed E-state index contributed by atoms with van der Waals surface area (Å²) >= 11 is 0. The predicted molar refractivity (Wildman–Crippen MR) is 94.0 cm³/mol. The number of carbonyl (C=O) groups excluding carboxylic acids is 1. The molecule has 1 amide bonds. The van der Waals surface area contributed by atoms with Crippen molar-refractivity contribution in [3.8, 4) is 23.2 Å². The van der Waals surface area contributed by atoms with Crippen LogP contribution < -0.4 is 0 Å². The highest BCUT2D eigenvalue weighted by Gasteiger charge is 2.34. The molecule has 2 aromatic carbocycles. The molecule has 0 fully saturated rings. The topological polar surface area (TPSA) is 89.2 Å². The number of carbonyl (C=O) groups is 1. The Morgan fingerprint density at radius 3 is 2.39 bits per heavy atom. The highest BCUT2D eigenvalue weighted by atomic mass is 19.4. The van der Waals surface area contributed by atoms with Gasteiger partial charge in [-0.3, -0.25) is 4.79 Å². The van der Waals surface area contributed by atoms with Gasteiger partial charge in [0.1, 0.15) is 0 Å². The fraction of sp³-hybridized carbons (Fsp3) is 0.0500. The second kappa shape index (κ2) is 6.09. The first-order valence-electron chi connectivity index (χ1n) is 8.06. The Balaban J connectivity index is 1.81. The lowest BCUT2D eigenvalue weighted by Gasteiger charge is -2.07. The number of halogens is 3. The van der Waals surface area contributed by atoms with Crippen molar-refractivity contribution in [1.82, 2.24) is 4.98 Å². The number of rotatable bonds is 2. The quantitative estimate of drug-likeness (QED) is 0.695. The first-order valence-corrected chi connectivity index (χ1v) is 8.06. The summed E-state index contributed by atoms with van der Waals surface area (Å²) in [5.41, 5.74) is 0.943. The number of fused-ring (bicyclic) bond motifs is 1. The minimum absolute atomic E-state index is 0.0881. The third-order valence-corrected chi connectivity index (χ3v) is 4.41. The maximum atomic E-state index is 12.8.